The molecule has 2 rings (SSSR count). The third kappa shape index (κ3) is 4.78. The van der Waals surface area contributed by atoms with Crippen LogP contribution >= 0.6 is 0 Å². The van der Waals surface area contributed by atoms with Crippen molar-refractivity contribution in [2.75, 3.05) is 0 Å². The maximum absolute atomic E-state index is 11.5. The molecule has 0 fully saturated rings. The predicted octanol–water partition coefficient (Wildman–Crippen LogP) is 2.24. The lowest BCUT2D eigenvalue weighted by Gasteiger charge is -2.12. The average molecular weight is 310 g/mol. The second-order valence-corrected chi connectivity index (χ2v) is 5.07. The monoisotopic (exact) mass is 310 g/mol. The zero-order valence-corrected chi connectivity index (χ0v) is 12.6. The first-order valence-electron chi connectivity index (χ1n) is 7.27. The quantitative estimate of drug-likeness (QED) is 0.768. The molecule has 0 unspecified atom stereocenters. The van der Waals surface area contributed by atoms with Gasteiger partial charge in [-0.2, -0.15) is 0 Å². The van der Waals surface area contributed by atoms with E-state index < -0.39 is 17.9 Å². The first kappa shape index (κ1) is 16.4. The van der Waals surface area contributed by atoms with Gasteiger partial charge in [-0.25, -0.2) is 4.79 Å². The van der Waals surface area contributed by atoms with Crippen molar-refractivity contribution < 1.29 is 14.7 Å². The number of amides is 1. The molecule has 0 heterocycles. The van der Waals surface area contributed by atoms with E-state index in [1.54, 1.807) is 0 Å². The van der Waals surface area contributed by atoms with E-state index in [2.05, 4.69) is 4.99 Å². The Morgan fingerprint density at radius 2 is 1.43 bits per heavy atom. The van der Waals surface area contributed by atoms with Crippen molar-refractivity contribution in [3.05, 3.63) is 71.8 Å². The Kier molecular flexibility index (Phi) is 5.63. The van der Waals surface area contributed by atoms with E-state index in [1.807, 2.05) is 60.7 Å². The highest BCUT2D eigenvalue weighted by molar-refractivity contribution is 6.13. The van der Waals surface area contributed by atoms with Gasteiger partial charge < -0.3 is 10.8 Å². The number of rotatable bonds is 7. The molecule has 0 aromatic heterocycles. The lowest BCUT2D eigenvalue weighted by molar-refractivity contribution is -0.138. The van der Waals surface area contributed by atoms with Crippen LogP contribution in [-0.2, 0) is 9.59 Å². The zero-order valence-electron chi connectivity index (χ0n) is 12.6. The van der Waals surface area contributed by atoms with E-state index in [9.17, 15) is 14.7 Å². The normalized spacial score (nSPS) is 11.5. The van der Waals surface area contributed by atoms with Gasteiger partial charge in [-0.1, -0.05) is 60.7 Å². The van der Waals surface area contributed by atoms with Gasteiger partial charge in [0.05, 0.1) is 5.71 Å². The van der Waals surface area contributed by atoms with Crippen LogP contribution in [0.5, 0.6) is 0 Å². The Morgan fingerprint density at radius 1 is 0.957 bits per heavy atom. The van der Waals surface area contributed by atoms with E-state index in [0.717, 1.165) is 11.1 Å². The van der Waals surface area contributed by atoms with Crippen molar-refractivity contribution in [3.63, 3.8) is 0 Å². The van der Waals surface area contributed by atoms with Gasteiger partial charge in [0.1, 0.15) is 6.04 Å². The molecule has 23 heavy (non-hydrogen) atoms. The van der Waals surface area contributed by atoms with Crippen LogP contribution in [0.3, 0.4) is 0 Å². The zero-order chi connectivity index (χ0) is 16.7. The van der Waals surface area contributed by atoms with Crippen LogP contribution in [0.25, 0.3) is 0 Å². The minimum atomic E-state index is -1.07. The van der Waals surface area contributed by atoms with Crippen LogP contribution in [0.4, 0.5) is 0 Å². The van der Waals surface area contributed by atoms with Crippen LogP contribution in [-0.4, -0.2) is 28.7 Å². The standard InChI is InChI=1S/C18H18N2O3/c19-16(21)12-11-15(18(22)23)20-17(13-7-3-1-4-8-13)14-9-5-2-6-10-14/h1-10,15H,11-12H2,(H2,19,21)(H,22,23)/t15-/m0/s1. The van der Waals surface area contributed by atoms with Gasteiger partial charge in [0.2, 0.25) is 5.91 Å². The largest absolute Gasteiger partial charge is 0.480 e. The van der Waals surface area contributed by atoms with Crippen LogP contribution < -0.4 is 5.73 Å². The number of benzene rings is 2. The number of nitrogens with two attached hydrogens (primary N) is 1. The molecule has 5 nitrogen and oxygen atoms in total. The SMILES string of the molecule is NC(=O)CC[C@H](N=C(c1ccccc1)c1ccccc1)C(=O)O. The van der Waals surface area contributed by atoms with Crippen molar-refractivity contribution in [1.29, 1.82) is 0 Å². The van der Waals surface area contributed by atoms with Gasteiger partial charge in [0.15, 0.2) is 0 Å². The Balaban J connectivity index is 2.43. The predicted molar refractivity (Wildman–Crippen MR) is 88.4 cm³/mol. The average Bonchev–Trinajstić information content (AvgIpc) is 2.56. The number of aliphatic carboxylic acids is 1. The number of carboxylic acids is 1. The van der Waals surface area contributed by atoms with Crippen molar-refractivity contribution in [1.82, 2.24) is 0 Å². The smallest absolute Gasteiger partial charge is 0.328 e. The van der Waals surface area contributed by atoms with Crippen molar-refractivity contribution >= 4 is 17.6 Å². The first-order valence-corrected chi connectivity index (χ1v) is 7.27. The van der Waals surface area contributed by atoms with Gasteiger partial charge >= 0.3 is 5.97 Å². The molecular formula is C18H18N2O3. The topological polar surface area (TPSA) is 92.8 Å². The number of nitrogens with zero attached hydrogens (tertiary/aromatic N) is 1. The van der Waals surface area contributed by atoms with Crippen molar-refractivity contribution in [3.8, 4) is 0 Å². The van der Waals surface area contributed by atoms with E-state index in [4.69, 9.17) is 5.73 Å². The summed E-state index contributed by atoms with van der Waals surface area (Å²) in [6.45, 7) is 0. The molecule has 0 spiro atoms. The summed E-state index contributed by atoms with van der Waals surface area (Å²) < 4.78 is 0. The summed E-state index contributed by atoms with van der Waals surface area (Å²) >= 11 is 0. The molecule has 5 heteroatoms. The third-order valence-electron chi connectivity index (χ3n) is 3.33. The van der Waals surface area contributed by atoms with Gasteiger partial charge in [0, 0.05) is 17.5 Å². The second kappa shape index (κ2) is 7.89. The minimum absolute atomic E-state index is 0.0165. The summed E-state index contributed by atoms with van der Waals surface area (Å²) in [4.78, 5) is 26.8. The molecule has 0 bridgehead atoms. The molecule has 1 atom stereocenters. The van der Waals surface area contributed by atoms with E-state index in [-0.39, 0.29) is 12.8 Å². The Labute approximate surface area is 134 Å². The fourth-order valence-electron chi connectivity index (χ4n) is 2.19. The van der Waals surface area contributed by atoms with Crippen LogP contribution in [0.15, 0.2) is 65.7 Å². The number of hydrogen-bond acceptors (Lipinski definition) is 3. The number of aliphatic imine (C=N–C) groups is 1. The number of carbonyl (C=O) groups is 2. The highest BCUT2D eigenvalue weighted by Crippen LogP contribution is 2.14. The molecule has 0 aliphatic rings. The minimum Gasteiger partial charge on any atom is -0.480 e. The summed E-state index contributed by atoms with van der Waals surface area (Å²) in [5, 5.41) is 9.37. The van der Waals surface area contributed by atoms with E-state index in [1.165, 1.54) is 0 Å². The van der Waals surface area contributed by atoms with Gasteiger partial charge in [0.25, 0.3) is 0 Å². The summed E-state index contributed by atoms with van der Waals surface area (Å²) in [6, 6.07) is 17.7. The third-order valence-corrected chi connectivity index (χ3v) is 3.33. The Hall–Kier alpha value is -2.95. The number of primary amides is 1. The summed E-state index contributed by atoms with van der Waals surface area (Å²) in [5.41, 5.74) is 7.35. The fourth-order valence-corrected chi connectivity index (χ4v) is 2.19. The highest BCUT2D eigenvalue weighted by atomic mass is 16.4. The highest BCUT2D eigenvalue weighted by Gasteiger charge is 2.19. The number of carboxylic acid groups (broad SMARTS) is 1. The summed E-state index contributed by atoms with van der Waals surface area (Å²) in [5.74, 6) is -1.61. The lowest BCUT2D eigenvalue weighted by atomic mass is 10.0. The Bertz CT molecular complexity index is 655. The van der Waals surface area contributed by atoms with Crippen LogP contribution in [0.1, 0.15) is 24.0 Å². The fraction of sp³-hybridized carbons (Fsp3) is 0.167. The van der Waals surface area contributed by atoms with Gasteiger partial charge in [-0.05, 0) is 6.42 Å². The van der Waals surface area contributed by atoms with Gasteiger partial charge in [-0.15, -0.1) is 0 Å². The summed E-state index contributed by atoms with van der Waals surface area (Å²) in [7, 11) is 0. The molecular weight excluding hydrogens is 292 g/mol. The first-order chi connectivity index (χ1) is 11.1. The van der Waals surface area contributed by atoms with E-state index in [0.29, 0.717) is 5.71 Å². The molecule has 0 saturated carbocycles. The molecule has 0 radical (unpaired) electrons. The van der Waals surface area contributed by atoms with Crippen molar-refractivity contribution in [2.45, 2.75) is 18.9 Å². The Morgan fingerprint density at radius 3 is 1.83 bits per heavy atom. The summed E-state index contributed by atoms with van der Waals surface area (Å²) in [6.07, 6.45) is 0.0607. The maximum Gasteiger partial charge on any atom is 0.328 e. The lowest BCUT2D eigenvalue weighted by Crippen LogP contribution is -2.23. The molecule has 0 saturated heterocycles. The maximum atomic E-state index is 11.5. The number of hydrogen-bond donors (Lipinski definition) is 2. The molecule has 0 aliphatic carbocycles. The molecule has 3 N–H and O–H groups in total. The van der Waals surface area contributed by atoms with Crippen LogP contribution in [0, 0.1) is 0 Å². The molecule has 118 valence electrons. The van der Waals surface area contributed by atoms with Crippen molar-refractivity contribution in [2.24, 2.45) is 10.7 Å². The molecule has 2 aromatic carbocycles. The molecule has 2 aromatic rings. The molecule has 1 amide bonds. The van der Waals surface area contributed by atoms with Gasteiger partial charge in [-0.3, -0.25) is 9.79 Å². The van der Waals surface area contributed by atoms with E-state index >= 15 is 0 Å². The molecule has 0 aliphatic heterocycles. The van der Waals surface area contributed by atoms with Crippen LogP contribution in [0.2, 0.25) is 0 Å². The number of carbonyl (C=O) groups excluding carboxylic acids is 1. The second-order valence-electron chi connectivity index (χ2n) is 5.07.